The summed E-state index contributed by atoms with van der Waals surface area (Å²) in [6.07, 6.45) is 0.250. The Hall–Kier alpha value is -1.63. The first-order valence-electron chi connectivity index (χ1n) is 5.92. The molecule has 1 aliphatic rings. The molecule has 88 valence electrons. The molecule has 4 rings (SSSR count). The van der Waals surface area contributed by atoms with Crippen molar-refractivity contribution in [3.8, 4) is 0 Å². The Kier molecular flexibility index (Phi) is 1.85. The van der Waals surface area contributed by atoms with Crippen molar-refractivity contribution in [3.05, 3.63) is 54.1 Å². The van der Waals surface area contributed by atoms with Crippen LogP contribution in [0.5, 0.6) is 0 Å². The highest BCUT2D eigenvalue weighted by atomic mass is 31.2. The van der Waals surface area contributed by atoms with E-state index in [9.17, 15) is 9.46 Å². The maximum absolute atomic E-state index is 12.4. The Labute approximate surface area is 104 Å². The van der Waals surface area contributed by atoms with E-state index in [2.05, 4.69) is 12.1 Å². The molecule has 0 saturated carbocycles. The topological polar surface area (TPSA) is 37.3 Å². The van der Waals surface area contributed by atoms with Gasteiger partial charge in [0.25, 0.3) is 0 Å². The number of benzene rings is 3. The van der Waals surface area contributed by atoms with Gasteiger partial charge in [-0.3, -0.25) is 4.57 Å². The van der Waals surface area contributed by atoms with Crippen molar-refractivity contribution in [2.24, 2.45) is 0 Å². The Bertz CT molecular complexity index is 852. The minimum atomic E-state index is -3.26. The second-order valence-electron chi connectivity index (χ2n) is 4.82. The molecule has 2 nitrogen and oxygen atoms in total. The average Bonchev–Trinajstić information content (AvgIpc) is 2.36. The maximum atomic E-state index is 12.4. The first kappa shape index (κ1) is 10.3. The van der Waals surface area contributed by atoms with Crippen LogP contribution in [-0.2, 0) is 10.7 Å². The van der Waals surface area contributed by atoms with Gasteiger partial charge in [-0.1, -0.05) is 42.5 Å². The minimum Gasteiger partial charge on any atom is -0.341 e. The van der Waals surface area contributed by atoms with Crippen LogP contribution in [0, 0.1) is 0 Å². The lowest BCUT2D eigenvalue weighted by Crippen LogP contribution is -2.12. The van der Waals surface area contributed by atoms with Gasteiger partial charge in [-0.2, -0.15) is 0 Å². The molecule has 1 unspecified atom stereocenters. The molecule has 0 aliphatic carbocycles. The molecule has 0 fully saturated rings. The first-order chi connectivity index (χ1) is 8.67. The molecule has 0 radical (unpaired) electrons. The van der Waals surface area contributed by atoms with Crippen LogP contribution in [0.25, 0.3) is 21.5 Å². The fourth-order valence-electron chi connectivity index (χ4n) is 2.95. The highest BCUT2D eigenvalue weighted by Crippen LogP contribution is 2.51. The van der Waals surface area contributed by atoms with E-state index in [1.54, 1.807) is 6.07 Å². The predicted molar refractivity (Wildman–Crippen MR) is 74.6 cm³/mol. The molecule has 1 atom stereocenters. The van der Waals surface area contributed by atoms with Crippen LogP contribution >= 0.6 is 7.37 Å². The predicted octanol–water partition coefficient (Wildman–Crippen LogP) is 3.40. The molecule has 3 aromatic rings. The quantitative estimate of drug-likeness (QED) is 0.493. The van der Waals surface area contributed by atoms with Crippen LogP contribution in [0.15, 0.2) is 48.5 Å². The van der Waals surface area contributed by atoms with Gasteiger partial charge in [0.2, 0.25) is 7.37 Å². The van der Waals surface area contributed by atoms with E-state index in [4.69, 9.17) is 0 Å². The number of hydrogen-bond donors (Lipinski definition) is 1. The van der Waals surface area contributed by atoms with E-state index in [0.717, 1.165) is 27.1 Å². The monoisotopic (exact) mass is 254 g/mol. The fraction of sp³-hybridized carbons (Fsp3) is 0.0667. The van der Waals surface area contributed by atoms with Crippen LogP contribution in [-0.4, -0.2) is 4.89 Å². The maximum Gasteiger partial charge on any atom is 0.234 e. The van der Waals surface area contributed by atoms with E-state index in [1.807, 2.05) is 30.3 Å². The lowest BCUT2D eigenvalue weighted by atomic mass is 9.98. The first-order valence-corrected chi connectivity index (χ1v) is 7.77. The summed E-state index contributed by atoms with van der Waals surface area (Å²) in [6.45, 7) is 0. The molecule has 0 spiro atoms. The van der Waals surface area contributed by atoms with Gasteiger partial charge in [-0.05, 0) is 27.8 Å². The zero-order valence-corrected chi connectivity index (χ0v) is 10.5. The molecule has 3 aromatic carbocycles. The van der Waals surface area contributed by atoms with Crippen molar-refractivity contribution >= 4 is 34.2 Å². The molecule has 1 heterocycles. The van der Waals surface area contributed by atoms with Crippen LogP contribution in [0.3, 0.4) is 0 Å². The standard InChI is InChI=1S/C15H11O2P/c16-18(17)9-12-5-1-3-10-7-8-11-4-2-6-13(18)15(11)14(10)12/h1-8H,9H2,(H,16,17). The largest absolute Gasteiger partial charge is 0.341 e. The molecular formula is C15H11O2P. The zero-order valence-electron chi connectivity index (χ0n) is 9.63. The van der Waals surface area contributed by atoms with Gasteiger partial charge in [-0.15, -0.1) is 0 Å². The molecular weight excluding hydrogens is 243 g/mol. The number of rotatable bonds is 0. The van der Waals surface area contributed by atoms with Crippen molar-refractivity contribution in [2.45, 2.75) is 6.16 Å². The van der Waals surface area contributed by atoms with Crippen molar-refractivity contribution in [3.63, 3.8) is 0 Å². The molecule has 0 aromatic heterocycles. The minimum absolute atomic E-state index is 0.250. The van der Waals surface area contributed by atoms with Gasteiger partial charge in [0, 0.05) is 10.7 Å². The molecule has 0 amide bonds. The lowest BCUT2D eigenvalue weighted by Gasteiger charge is -2.22. The summed E-state index contributed by atoms with van der Waals surface area (Å²) in [4.78, 5) is 10.2. The smallest absolute Gasteiger partial charge is 0.234 e. The second kappa shape index (κ2) is 3.23. The third kappa shape index (κ3) is 1.19. The summed E-state index contributed by atoms with van der Waals surface area (Å²) in [5.41, 5.74) is 0.989. The summed E-state index contributed by atoms with van der Waals surface area (Å²) in [5, 5.41) is 4.91. The highest BCUT2D eigenvalue weighted by Gasteiger charge is 2.30. The Morgan fingerprint density at radius 3 is 2.33 bits per heavy atom. The Morgan fingerprint density at radius 2 is 1.56 bits per heavy atom. The van der Waals surface area contributed by atoms with Gasteiger partial charge >= 0.3 is 0 Å². The summed E-state index contributed by atoms with van der Waals surface area (Å²) in [6, 6.07) is 15.7. The lowest BCUT2D eigenvalue weighted by molar-refractivity contribution is 0.489. The van der Waals surface area contributed by atoms with Gasteiger partial charge in [-0.25, -0.2) is 0 Å². The Morgan fingerprint density at radius 1 is 0.889 bits per heavy atom. The number of hydrogen-bond acceptors (Lipinski definition) is 1. The van der Waals surface area contributed by atoms with Crippen LogP contribution in [0.4, 0.5) is 0 Å². The molecule has 18 heavy (non-hydrogen) atoms. The van der Waals surface area contributed by atoms with Crippen molar-refractivity contribution < 1.29 is 9.46 Å². The van der Waals surface area contributed by atoms with Crippen molar-refractivity contribution in [1.82, 2.24) is 0 Å². The molecule has 0 bridgehead atoms. The van der Waals surface area contributed by atoms with Gasteiger partial charge in [0.15, 0.2) is 0 Å². The SMILES string of the molecule is O=P1(O)Cc2cccc3ccc4cccc1c4c23. The second-order valence-corrected chi connectivity index (χ2v) is 7.02. The third-order valence-electron chi connectivity index (χ3n) is 3.71. The van der Waals surface area contributed by atoms with Gasteiger partial charge < -0.3 is 4.89 Å². The molecule has 3 heteroatoms. The van der Waals surface area contributed by atoms with Crippen molar-refractivity contribution in [1.29, 1.82) is 0 Å². The summed E-state index contributed by atoms with van der Waals surface area (Å²) in [5.74, 6) is 0. The van der Waals surface area contributed by atoms with E-state index in [-0.39, 0.29) is 6.16 Å². The fourth-order valence-corrected chi connectivity index (χ4v) is 4.76. The normalized spacial score (nSPS) is 21.8. The van der Waals surface area contributed by atoms with Crippen LogP contribution in [0.2, 0.25) is 0 Å². The zero-order chi connectivity index (χ0) is 12.3. The molecule has 0 saturated heterocycles. The van der Waals surface area contributed by atoms with E-state index >= 15 is 0 Å². The third-order valence-corrected chi connectivity index (χ3v) is 5.61. The van der Waals surface area contributed by atoms with E-state index in [0.29, 0.717) is 5.30 Å². The van der Waals surface area contributed by atoms with Crippen molar-refractivity contribution in [2.75, 3.05) is 0 Å². The highest BCUT2D eigenvalue weighted by molar-refractivity contribution is 7.66. The average molecular weight is 254 g/mol. The summed E-state index contributed by atoms with van der Waals surface area (Å²) >= 11 is 0. The summed E-state index contributed by atoms with van der Waals surface area (Å²) in [7, 11) is -3.26. The van der Waals surface area contributed by atoms with Crippen LogP contribution in [0.1, 0.15) is 5.56 Å². The van der Waals surface area contributed by atoms with Gasteiger partial charge in [0.05, 0.1) is 6.16 Å². The van der Waals surface area contributed by atoms with Crippen LogP contribution < -0.4 is 5.30 Å². The molecule has 1 aliphatic heterocycles. The Balaban J connectivity index is 2.40. The summed E-state index contributed by atoms with van der Waals surface area (Å²) < 4.78 is 12.4. The molecule has 1 N–H and O–H groups in total. The van der Waals surface area contributed by atoms with Gasteiger partial charge in [0.1, 0.15) is 0 Å². The van der Waals surface area contributed by atoms with E-state index in [1.165, 1.54) is 0 Å². The van der Waals surface area contributed by atoms with E-state index < -0.39 is 7.37 Å².